The van der Waals surface area contributed by atoms with Crippen molar-refractivity contribution in [2.75, 3.05) is 5.75 Å². The quantitative estimate of drug-likeness (QED) is 0.793. The Kier molecular flexibility index (Phi) is 5.29. The molecule has 1 aromatic rings. The van der Waals surface area contributed by atoms with Crippen molar-refractivity contribution in [1.29, 1.82) is 0 Å². The van der Waals surface area contributed by atoms with E-state index in [0.717, 1.165) is 23.8 Å². The van der Waals surface area contributed by atoms with Crippen LogP contribution in [-0.4, -0.2) is 19.9 Å². The van der Waals surface area contributed by atoms with Crippen molar-refractivity contribution in [2.45, 2.75) is 50.7 Å². The first-order valence-corrected chi connectivity index (χ1v) is 8.28. The minimum absolute atomic E-state index is 0.00211. The molecular formula is C14H22N2OS. The summed E-state index contributed by atoms with van der Waals surface area (Å²) in [5.74, 6) is 1.70. The van der Waals surface area contributed by atoms with Crippen LogP contribution in [0.4, 0.5) is 0 Å². The molecule has 1 aliphatic rings. The first-order valence-electron chi connectivity index (χ1n) is 6.90. The third-order valence-corrected chi connectivity index (χ3v) is 5.55. The molecule has 4 heteroatoms. The van der Waals surface area contributed by atoms with E-state index < -0.39 is 10.8 Å². The normalized spacial score (nSPS) is 19.8. The van der Waals surface area contributed by atoms with Gasteiger partial charge in [-0.15, -0.1) is 0 Å². The maximum atomic E-state index is 12.2. The SMILES string of the molecule is C[C@H](c1cnccn1)[S@](=O)CCCC1CCCC1. The second kappa shape index (κ2) is 6.98. The van der Waals surface area contributed by atoms with Crippen LogP contribution in [-0.2, 0) is 10.8 Å². The van der Waals surface area contributed by atoms with Gasteiger partial charge in [0.25, 0.3) is 0 Å². The van der Waals surface area contributed by atoms with Gasteiger partial charge in [-0.25, -0.2) is 0 Å². The molecule has 0 N–H and O–H groups in total. The van der Waals surface area contributed by atoms with Gasteiger partial charge in [-0.05, 0) is 25.7 Å². The Bertz CT molecular complexity index is 377. The van der Waals surface area contributed by atoms with Gasteiger partial charge in [-0.3, -0.25) is 14.2 Å². The Hall–Kier alpha value is -0.770. The lowest BCUT2D eigenvalue weighted by molar-refractivity contribution is 0.497. The van der Waals surface area contributed by atoms with E-state index in [1.807, 2.05) is 6.92 Å². The Labute approximate surface area is 112 Å². The molecule has 1 heterocycles. The van der Waals surface area contributed by atoms with Gasteiger partial charge in [-0.2, -0.15) is 0 Å². The van der Waals surface area contributed by atoms with Crippen LogP contribution in [0.25, 0.3) is 0 Å². The van der Waals surface area contributed by atoms with Crippen LogP contribution in [0.2, 0.25) is 0 Å². The van der Waals surface area contributed by atoms with E-state index in [1.165, 1.54) is 32.1 Å². The van der Waals surface area contributed by atoms with Crippen molar-refractivity contribution in [3.8, 4) is 0 Å². The fourth-order valence-corrected chi connectivity index (χ4v) is 3.84. The summed E-state index contributed by atoms with van der Waals surface area (Å²) in [4.78, 5) is 8.26. The number of hydrogen-bond acceptors (Lipinski definition) is 3. The Morgan fingerprint density at radius 1 is 1.39 bits per heavy atom. The van der Waals surface area contributed by atoms with Crippen LogP contribution in [0.5, 0.6) is 0 Å². The molecule has 2 atom stereocenters. The van der Waals surface area contributed by atoms with E-state index in [4.69, 9.17) is 0 Å². The molecule has 0 saturated heterocycles. The third-order valence-electron chi connectivity index (χ3n) is 3.83. The number of nitrogens with zero attached hydrogens (tertiary/aromatic N) is 2. The highest BCUT2D eigenvalue weighted by Gasteiger charge is 2.17. The van der Waals surface area contributed by atoms with E-state index in [9.17, 15) is 4.21 Å². The largest absolute Gasteiger partial charge is 0.261 e. The van der Waals surface area contributed by atoms with Crippen LogP contribution in [0.1, 0.15) is 56.4 Å². The lowest BCUT2D eigenvalue weighted by atomic mass is 10.0. The average molecular weight is 266 g/mol. The topological polar surface area (TPSA) is 42.9 Å². The summed E-state index contributed by atoms with van der Waals surface area (Å²) in [6.07, 6.45) is 12.9. The monoisotopic (exact) mass is 266 g/mol. The minimum Gasteiger partial charge on any atom is -0.261 e. The molecule has 1 fully saturated rings. The molecule has 1 aliphatic carbocycles. The number of hydrogen-bond donors (Lipinski definition) is 0. The van der Waals surface area contributed by atoms with Gasteiger partial charge < -0.3 is 0 Å². The van der Waals surface area contributed by atoms with Crippen molar-refractivity contribution in [3.63, 3.8) is 0 Å². The number of rotatable bonds is 6. The molecule has 18 heavy (non-hydrogen) atoms. The Balaban J connectivity index is 1.74. The zero-order valence-corrected chi connectivity index (χ0v) is 11.9. The van der Waals surface area contributed by atoms with E-state index in [1.54, 1.807) is 18.6 Å². The highest BCUT2D eigenvalue weighted by molar-refractivity contribution is 7.85. The van der Waals surface area contributed by atoms with Gasteiger partial charge in [0.15, 0.2) is 0 Å². The van der Waals surface area contributed by atoms with Gasteiger partial charge in [0.2, 0.25) is 0 Å². The van der Waals surface area contributed by atoms with Crippen LogP contribution in [0.15, 0.2) is 18.6 Å². The highest BCUT2D eigenvalue weighted by atomic mass is 32.2. The van der Waals surface area contributed by atoms with E-state index in [-0.39, 0.29) is 5.25 Å². The molecule has 0 amide bonds. The van der Waals surface area contributed by atoms with Gasteiger partial charge in [0.05, 0.1) is 10.9 Å². The van der Waals surface area contributed by atoms with Crippen molar-refractivity contribution in [2.24, 2.45) is 5.92 Å². The molecule has 0 aliphatic heterocycles. The van der Waals surface area contributed by atoms with E-state index in [0.29, 0.717) is 0 Å². The fraction of sp³-hybridized carbons (Fsp3) is 0.714. The minimum atomic E-state index is -0.818. The predicted molar refractivity (Wildman–Crippen MR) is 74.6 cm³/mol. The van der Waals surface area contributed by atoms with Gasteiger partial charge in [0, 0.05) is 35.1 Å². The average Bonchev–Trinajstić information content (AvgIpc) is 2.92. The van der Waals surface area contributed by atoms with Crippen LogP contribution < -0.4 is 0 Å². The molecule has 3 nitrogen and oxygen atoms in total. The lowest BCUT2D eigenvalue weighted by Crippen LogP contribution is -2.09. The van der Waals surface area contributed by atoms with Crippen LogP contribution in [0, 0.1) is 5.92 Å². The summed E-state index contributed by atoms with van der Waals surface area (Å²) in [6.45, 7) is 1.98. The standard InChI is InChI=1S/C14H22N2OS/c1-12(14-11-15-8-9-16-14)18(17)10-4-7-13-5-2-3-6-13/h8-9,11-13H,2-7,10H2,1H3/t12-,18-/m1/s1. The van der Waals surface area contributed by atoms with E-state index in [2.05, 4.69) is 9.97 Å². The molecule has 0 radical (unpaired) electrons. The predicted octanol–water partition coefficient (Wildman–Crippen LogP) is 3.26. The highest BCUT2D eigenvalue weighted by Crippen LogP contribution is 2.29. The maximum absolute atomic E-state index is 12.2. The Morgan fingerprint density at radius 3 is 2.83 bits per heavy atom. The molecule has 100 valence electrons. The van der Waals surface area contributed by atoms with Crippen LogP contribution in [0.3, 0.4) is 0 Å². The molecule has 0 spiro atoms. The molecule has 2 rings (SSSR count). The summed E-state index contributed by atoms with van der Waals surface area (Å²) in [5, 5.41) is 0.00211. The molecular weight excluding hydrogens is 244 g/mol. The first-order chi connectivity index (χ1) is 8.77. The van der Waals surface area contributed by atoms with Gasteiger partial charge >= 0.3 is 0 Å². The molecule has 1 aromatic heterocycles. The fourth-order valence-electron chi connectivity index (χ4n) is 2.65. The first kappa shape index (κ1) is 13.7. The van der Waals surface area contributed by atoms with Crippen molar-refractivity contribution in [1.82, 2.24) is 9.97 Å². The second-order valence-corrected chi connectivity index (χ2v) is 7.03. The van der Waals surface area contributed by atoms with Gasteiger partial charge in [-0.1, -0.05) is 25.7 Å². The molecule has 0 bridgehead atoms. The molecule has 0 aromatic carbocycles. The second-order valence-electron chi connectivity index (χ2n) is 5.15. The third kappa shape index (κ3) is 3.87. The smallest absolute Gasteiger partial charge is 0.0756 e. The zero-order chi connectivity index (χ0) is 12.8. The van der Waals surface area contributed by atoms with E-state index >= 15 is 0 Å². The molecule has 1 saturated carbocycles. The lowest BCUT2D eigenvalue weighted by Gasteiger charge is -2.12. The van der Waals surface area contributed by atoms with Gasteiger partial charge in [0.1, 0.15) is 0 Å². The summed E-state index contributed by atoms with van der Waals surface area (Å²) in [6, 6.07) is 0. The van der Waals surface area contributed by atoms with Crippen molar-refractivity contribution in [3.05, 3.63) is 24.3 Å². The van der Waals surface area contributed by atoms with Crippen LogP contribution >= 0.6 is 0 Å². The summed E-state index contributed by atoms with van der Waals surface area (Å²) >= 11 is 0. The number of aromatic nitrogens is 2. The van der Waals surface area contributed by atoms with Crippen molar-refractivity contribution >= 4 is 10.8 Å². The zero-order valence-electron chi connectivity index (χ0n) is 11.0. The summed E-state index contributed by atoms with van der Waals surface area (Å²) in [7, 11) is -0.818. The molecule has 0 unspecified atom stereocenters. The Morgan fingerprint density at radius 2 is 2.17 bits per heavy atom. The summed E-state index contributed by atoms with van der Waals surface area (Å²) < 4.78 is 12.2. The summed E-state index contributed by atoms with van der Waals surface area (Å²) in [5.41, 5.74) is 0.844. The van der Waals surface area contributed by atoms with Crippen molar-refractivity contribution < 1.29 is 4.21 Å². The maximum Gasteiger partial charge on any atom is 0.0756 e.